The predicted octanol–water partition coefficient (Wildman–Crippen LogP) is 5.40. The molecule has 372 valence electrons. The number of thioether (sulfide) groups is 1. The molecule has 19 nitrogen and oxygen atoms in total. The van der Waals surface area contributed by atoms with Crippen LogP contribution in [0.15, 0.2) is 135 Å². The van der Waals surface area contributed by atoms with Crippen LogP contribution < -0.4 is 14.8 Å². The van der Waals surface area contributed by atoms with Crippen LogP contribution in [0.5, 0.6) is 0 Å². The number of para-hydroxylation sites is 2. The number of hydrogen-bond donors (Lipinski definition) is 2. The Hall–Kier alpha value is -7.21. The van der Waals surface area contributed by atoms with E-state index in [-0.39, 0.29) is 41.3 Å². The van der Waals surface area contributed by atoms with Crippen LogP contribution in [0, 0.1) is 0 Å². The Kier molecular flexibility index (Phi) is 11.2. The van der Waals surface area contributed by atoms with Crippen molar-refractivity contribution in [1.29, 1.82) is 0 Å². The summed E-state index contributed by atoms with van der Waals surface area (Å²) < 4.78 is 76.5. The zero-order valence-electron chi connectivity index (χ0n) is 38.8. The van der Waals surface area contributed by atoms with Crippen LogP contribution in [0.2, 0.25) is 0 Å². The third kappa shape index (κ3) is 7.82. The third-order valence-corrected chi connectivity index (χ3v) is 17.9. The van der Waals surface area contributed by atoms with Gasteiger partial charge in [-0.05, 0) is 60.7 Å². The lowest BCUT2D eigenvalue weighted by Crippen LogP contribution is -2.63. The standard InChI is InChI=1S/C51H43N7O12S3/c1-53(26-31-28-71-49-45(48(60)57(49)46(31)50(61)62)52-47(59)40-19-16-34-27-56(40)51(63)58(34)70-73(66,67)68)72(64,65)43-13-7-4-10-37(43)44-35-17-14-32(54-22-20-29-8-2-5-11-38(29)54)24-41(35)69-42-25-33(15-18-36(42)44)55-23-21-30-9-3-6-12-39(30)55/h2-15,17-18,24-25,34,40,49H,16,19-23,26-28H2,1H3,(H-,61,62,66,67,68)/p+1/t34-,40?,49+/m0/s1. The van der Waals surface area contributed by atoms with E-state index < -0.39 is 73.9 Å². The van der Waals surface area contributed by atoms with E-state index in [0.29, 0.717) is 38.5 Å². The highest BCUT2D eigenvalue weighted by Crippen LogP contribution is 2.46. The summed E-state index contributed by atoms with van der Waals surface area (Å²) in [5, 5.41) is 11.6. The molecule has 4 amide bonds. The number of carboxylic acids is 1. The van der Waals surface area contributed by atoms with Gasteiger partial charge < -0.3 is 19.3 Å². The number of urea groups is 1. The van der Waals surface area contributed by atoms with Crippen molar-refractivity contribution in [1.82, 2.24) is 23.7 Å². The van der Waals surface area contributed by atoms with Crippen LogP contribution >= 0.6 is 11.8 Å². The van der Waals surface area contributed by atoms with Gasteiger partial charge in [0, 0.05) is 96.1 Å². The number of hydroxylamine groups is 2. The molecule has 3 atom stereocenters. The Morgan fingerprint density at radius 1 is 0.904 bits per heavy atom. The summed E-state index contributed by atoms with van der Waals surface area (Å²) in [7, 11) is -8.09. The van der Waals surface area contributed by atoms with Crippen molar-refractivity contribution in [3.63, 3.8) is 0 Å². The largest absolute Gasteiger partial charge is 0.477 e. The van der Waals surface area contributed by atoms with Crippen molar-refractivity contribution < 1.29 is 54.4 Å². The van der Waals surface area contributed by atoms with Crippen LogP contribution in [-0.4, -0.2) is 132 Å². The Balaban J connectivity index is 0.877. The summed E-state index contributed by atoms with van der Waals surface area (Å²) in [6.07, 6.45) is 1.95. The van der Waals surface area contributed by atoms with Gasteiger partial charge in [-0.3, -0.25) is 19.0 Å². The van der Waals surface area contributed by atoms with Gasteiger partial charge in [0.05, 0.1) is 17.0 Å². The lowest BCUT2D eigenvalue weighted by molar-refractivity contribution is -0.139. The van der Waals surface area contributed by atoms with Crippen LogP contribution in [0.1, 0.15) is 24.0 Å². The average Bonchev–Trinajstić information content (AvgIpc) is 4.08. The van der Waals surface area contributed by atoms with Crippen LogP contribution in [0.4, 0.5) is 21.9 Å². The van der Waals surface area contributed by atoms with Crippen molar-refractivity contribution in [2.45, 2.75) is 48.0 Å². The first-order valence-corrected chi connectivity index (χ1v) is 27.3. The molecule has 4 aromatic rings. The van der Waals surface area contributed by atoms with Gasteiger partial charge in [0.25, 0.3) is 11.8 Å². The fourth-order valence-corrected chi connectivity index (χ4v) is 14.1. The SMILES string of the molecule is CN(CC1=C(C(=O)O)N2C(=O)C(=NC(=O)C3CC[C@H]4CN3C(=O)N4OS(=O)(=O)O)[C@H]2SC1)S(=O)(=O)c1ccccc1-c1c2ccc(=[N+]3CCc4ccccc43)cc-2oc2cc(N3CCc4ccccc43)ccc12. The minimum Gasteiger partial charge on any atom is -0.477 e. The molecule has 73 heavy (non-hydrogen) atoms. The van der Waals surface area contributed by atoms with Crippen LogP contribution in [0.3, 0.4) is 0 Å². The minimum absolute atomic E-state index is 0.0358. The molecule has 2 bridgehead atoms. The lowest BCUT2D eigenvalue weighted by atomic mass is 9.93. The van der Waals surface area contributed by atoms with Gasteiger partial charge in [-0.15, -0.1) is 16.0 Å². The number of likely N-dealkylation sites (N-methyl/N-ethyl adjacent to an activating group) is 1. The van der Waals surface area contributed by atoms with E-state index in [2.05, 4.69) is 43.0 Å². The summed E-state index contributed by atoms with van der Waals surface area (Å²) in [5.41, 5.74) is 7.34. The molecule has 0 spiro atoms. The molecule has 0 aromatic heterocycles. The van der Waals surface area contributed by atoms with E-state index >= 15 is 8.42 Å². The van der Waals surface area contributed by atoms with Crippen molar-refractivity contribution in [2.75, 3.05) is 43.9 Å². The number of aliphatic carboxylic acids is 1. The van der Waals surface area contributed by atoms with Gasteiger partial charge in [0.2, 0.25) is 21.1 Å². The zero-order chi connectivity index (χ0) is 50.7. The van der Waals surface area contributed by atoms with E-state index in [1.54, 1.807) is 18.2 Å². The normalized spacial score (nSPS) is 21.9. The van der Waals surface area contributed by atoms with E-state index in [4.69, 9.17) is 8.97 Å². The van der Waals surface area contributed by atoms with Crippen LogP contribution in [-0.2, 0) is 51.9 Å². The average molecular weight is 1040 g/mol. The van der Waals surface area contributed by atoms with E-state index in [0.717, 1.165) is 74.2 Å². The van der Waals surface area contributed by atoms with Gasteiger partial charge >= 0.3 is 22.4 Å². The summed E-state index contributed by atoms with van der Waals surface area (Å²) in [6.45, 7) is 1.06. The first kappa shape index (κ1) is 46.8. The van der Waals surface area contributed by atoms with Crippen molar-refractivity contribution in [3.8, 4) is 22.5 Å². The molecular weight excluding hydrogens is 999 g/mol. The van der Waals surface area contributed by atoms with E-state index in [9.17, 15) is 32.7 Å². The Bertz CT molecular complexity index is 3760. The number of nitrogens with zero attached hydrogens (tertiary/aromatic N) is 7. The summed E-state index contributed by atoms with van der Waals surface area (Å²) in [5.74, 6) is -2.72. The number of benzene rings is 5. The Labute approximate surface area is 422 Å². The quantitative estimate of drug-likeness (QED) is 0.0758. The highest BCUT2D eigenvalue weighted by atomic mass is 32.3. The number of carboxylic acid groups (broad SMARTS) is 1. The minimum atomic E-state index is -5.03. The smallest absolute Gasteiger partial charge is 0.418 e. The lowest BCUT2D eigenvalue weighted by Gasteiger charge is -2.45. The Morgan fingerprint density at radius 3 is 2.48 bits per heavy atom. The number of fused-ring (bicyclic) bond motifs is 7. The number of amides is 4. The molecule has 7 heterocycles. The molecule has 0 radical (unpaired) electrons. The molecule has 22 heteroatoms. The monoisotopic (exact) mass is 1040 g/mol. The molecule has 1 unspecified atom stereocenters. The van der Waals surface area contributed by atoms with Gasteiger partial charge in [-0.25, -0.2) is 23.0 Å². The van der Waals surface area contributed by atoms with Gasteiger partial charge in [0.15, 0.2) is 6.54 Å². The predicted molar refractivity (Wildman–Crippen MR) is 269 cm³/mol. The number of sulfonamides is 1. The topological polar surface area (TPSA) is 231 Å². The number of β-lactam (4-membered cyclic amide) rings is 1. The zero-order valence-corrected chi connectivity index (χ0v) is 41.3. The molecule has 0 saturated carbocycles. The molecular formula is C51H44N7O12S3+. The number of rotatable bonds is 10. The first-order chi connectivity index (χ1) is 35.1. The highest BCUT2D eigenvalue weighted by molar-refractivity contribution is 8.01. The molecule has 8 aliphatic rings. The number of aliphatic imine (C=N–C) groups is 1. The molecule has 3 fully saturated rings. The molecule has 12 rings (SSSR count). The number of piperidine rings is 1. The second-order valence-electron chi connectivity index (χ2n) is 18.6. The van der Waals surface area contributed by atoms with E-state index in [1.807, 2.05) is 60.7 Å². The first-order valence-electron chi connectivity index (χ1n) is 23.5. The summed E-state index contributed by atoms with van der Waals surface area (Å²) >= 11 is 1.09. The number of carbonyl (C=O) groups is 4. The molecule has 7 aliphatic heterocycles. The maximum absolute atomic E-state index is 15.0. The van der Waals surface area contributed by atoms with Crippen molar-refractivity contribution >= 4 is 89.7 Å². The second-order valence-corrected chi connectivity index (χ2v) is 22.7. The molecule has 1 aliphatic carbocycles. The van der Waals surface area contributed by atoms with Crippen molar-refractivity contribution in [2.24, 2.45) is 4.99 Å². The molecule has 2 N–H and O–H groups in total. The van der Waals surface area contributed by atoms with Crippen LogP contribution in [0.25, 0.3) is 33.4 Å². The third-order valence-electron chi connectivity index (χ3n) is 14.5. The van der Waals surface area contributed by atoms with Crippen molar-refractivity contribution in [3.05, 3.63) is 137 Å². The maximum Gasteiger partial charge on any atom is 0.418 e. The Morgan fingerprint density at radius 2 is 1.67 bits per heavy atom. The van der Waals surface area contributed by atoms with Gasteiger partial charge in [-0.1, -0.05) is 54.6 Å². The number of carbonyl (C=O) groups excluding carboxylic acids is 3. The number of anilines is 2. The van der Waals surface area contributed by atoms with Gasteiger partial charge in [0.1, 0.15) is 34.2 Å². The number of hydrogen-bond acceptors (Lipinski definition) is 12. The molecule has 4 aromatic carbocycles. The maximum atomic E-state index is 15.0. The fraction of sp³-hybridized carbons (Fsp3) is 0.255. The summed E-state index contributed by atoms with van der Waals surface area (Å²) in [4.78, 5) is 61.4. The highest BCUT2D eigenvalue weighted by Gasteiger charge is 2.54. The van der Waals surface area contributed by atoms with E-state index in [1.165, 1.54) is 24.2 Å². The fourth-order valence-electron chi connectivity index (χ4n) is 11.1. The second kappa shape index (κ2) is 17.5. The summed E-state index contributed by atoms with van der Waals surface area (Å²) in [6, 6.07) is 32.3. The molecule has 3 saturated heterocycles. The van der Waals surface area contributed by atoms with Gasteiger partial charge in [-0.2, -0.15) is 22.4 Å².